The lowest BCUT2D eigenvalue weighted by atomic mass is 10.0. The van der Waals surface area contributed by atoms with Gasteiger partial charge in [0.2, 0.25) is 0 Å². The Hall–Kier alpha value is -4.98. The van der Waals surface area contributed by atoms with Crippen molar-refractivity contribution in [3.8, 4) is 22.3 Å². The van der Waals surface area contributed by atoms with Gasteiger partial charge in [-0.1, -0.05) is 30.3 Å². The number of aromatic carboxylic acids is 1. The zero-order valence-corrected chi connectivity index (χ0v) is 18.8. The molecule has 178 valence electrons. The largest absolute Gasteiger partial charge is 0.478 e. The van der Waals surface area contributed by atoms with E-state index in [-0.39, 0.29) is 23.7 Å². The molecule has 7 nitrogen and oxygen atoms in total. The van der Waals surface area contributed by atoms with E-state index in [1.54, 1.807) is 48.8 Å². The maximum absolute atomic E-state index is 13.2. The third-order valence-electron chi connectivity index (χ3n) is 5.57. The monoisotopic (exact) mass is 482 g/mol. The Balaban J connectivity index is 1.27. The Kier molecular flexibility index (Phi) is 6.15. The van der Waals surface area contributed by atoms with Crippen LogP contribution in [0.3, 0.4) is 0 Å². The highest BCUT2D eigenvalue weighted by atomic mass is 19.1. The Morgan fingerprint density at radius 3 is 2.42 bits per heavy atom. The Morgan fingerprint density at radius 2 is 1.67 bits per heavy atom. The fourth-order valence-corrected chi connectivity index (χ4v) is 3.82. The zero-order valence-electron chi connectivity index (χ0n) is 18.8. The van der Waals surface area contributed by atoms with Crippen LogP contribution in [0.15, 0.2) is 95.7 Å². The number of ether oxygens (including phenoxy) is 1. The van der Waals surface area contributed by atoms with Gasteiger partial charge in [0, 0.05) is 23.3 Å². The van der Waals surface area contributed by atoms with E-state index in [1.165, 1.54) is 24.3 Å². The number of hydrogen-bond donors (Lipinski definition) is 2. The van der Waals surface area contributed by atoms with Crippen LogP contribution in [-0.4, -0.2) is 22.2 Å². The van der Waals surface area contributed by atoms with Gasteiger partial charge in [-0.2, -0.15) is 0 Å². The van der Waals surface area contributed by atoms with Gasteiger partial charge < -0.3 is 14.3 Å². The summed E-state index contributed by atoms with van der Waals surface area (Å²) in [5.41, 5.74) is 3.80. The average molecular weight is 482 g/mol. The Labute approximate surface area is 204 Å². The van der Waals surface area contributed by atoms with Gasteiger partial charge in [-0.25, -0.2) is 14.0 Å². The first-order valence-corrected chi connectivity index (χ1v) is 11.0. The fraction of sp³-hybridized carbons (Fsp3) is 0.0357. The van der Waals surface area contributed by atoms with E-state index in [0.29, 0.717) is 16.9 Å². The number of carbonyl (C=O) groups excluding carboxylic acids is 1. The second-order valence-corrected chi connectivity index (χ2v) is 7.98. The molecule has 2 heterocycles. The maximum atomic E-state index is 13.2. The van der Waals surface area contributed by atoms with E-state index in [4.69, 9.17) is 9.15 Å². The number of fused-ring (bicyclic) bond motifs is 1. The normalized spacial score (nSPS) is 10.8. The van der Waals surface area contributed by atoms with Crippen LogP contribution in [0.1, 0.15) is 16.1 Å². The second kappa shape index (κ2) is 9.71. The molecule has 1 amide bonds. The minimum atomic E-state index is -1.19. The Morgan fingerprint density at radius 1 is 0.917 bits per heavy atom. The summed E-state index contributed by atoms with van der Waals surface area (Å²) in [6, 6.07) is 21.7. The lowest BCUT2D eigenvalue weighted by Gasteiger charge is -2.10. The first-order chi connectivity index (χ1) is 17.5. The van der Waals surface area contributed by atoms with Crippen molar-refractivity contribution in [1.82, 2.24) is 4.98 Å². The summed E-state index contributed by atoms with van der Waals surface area (Å²) in [5, 5.41) is 12.9. The van der Waals surface area contributed by atoms with E-state index >= 15 is 0 Å². The van der Waals surface area contributed by atoms with Gasteiger partial charge in [0.15, 0.2) is 6.61 Å². The van der Waals surface area contributed by atoms with Crippen molar-refractivity contribution in [2.24, 2.45) is 0 Å². The van der Waals surface area contributed by atoms with Gasteiger partial charge in [-0.05, 0) is 65.2 Å². The first-order valence-electron chi connectivity index (χ1n) is 11.0. The molecule has 0 atom stereocenters. The van der Waals surface area contributed by atoms with Crippen molar-refractivity contribution in [3.63, 3.8) is 0 Å². The average Bonchev–Trinajstić information content (AvgIpc) is 3.31. The molecular weight excluding hydrogens is 463 g/mol. The lowest BCUT2D eigenvalue weighted by Crippen LogP contribution is -2.16. The molecule has 0 aliphatic carbocycles. The number of benzene rings is 3. The summed E-state index contributed by atoms with van der Waals surface area (Å²) in [4.78, 5) is 28.2. The highest BCUT2D eigenvalue weighted by Gasteiger charge is 2.16. The molecule has 5 rings (SSSR count). The molecule has 0 saturated heterocycles. The Bertz CT molecular complexity index is 1560. The number of anilines is 1. The summed E-state index contributed by atoms with van der Waals surface area (Å²) in [7, 11) is 0. The third kappa shape index (κ3) is 4.92. The number of furan rings is 1. The highest BCUT2D eigenvalue weighted by Crippen LogP contribution is 2.28. The molecule has 0 aliphatic heterocycles. The second-order valence-electron chi connectivity index (χ2n) is 7.98. The van der Waals surface area contributed by atoms with Crippen LogP contribution in [0.4, 0.5) is 14.9 Å². The van der Waals surface area contributed by atoms with E-state index in [9.17, 15) is 19.1 Å². The molecule has 2 N–H and O–H groups in total. The molecule has 36 heavy (non-hydrogen) atoms. The number of halogens is 1. The SMILES string of the molecule is O=C(Nc1ccc(-c2cccnc2)cc1C(=O)O)OCc1cc2cc(-c3ccc(F)cc3)ccc2o1. The number of aromatic nitrogens is 1. The molecule has 0 unspecified atom stereocenters. The zero-order chi connectivity index (χ0) is 25.1. The number of carboxylic acid groups (broad SMARTS) is 1. The standard InChI is InChI=1S/C28H19FN2O5/c29-22-7-3-17(4-8-22)18-6-10-26-21(12-18)13-23(36-26)16-35-28(34)31-25-9-5-19(14-24(25)27(32)33)20-2-1-11-30-15-20/h1-15H,16H2,(H,31,34)(H,32,33). The number of carboxylic acids is 1. The molecule has 0 saturated carbocycles. The summed E-state index contributed by atoms with van der Waals surface area (Å²) in [6.07, 6.45) is 2.43. The van der Waals surface area contributed by atoms with E-state index < -0.39 is 12.1 Å². The van der Waals surface area contributed by atoms with Gasteiger partial charge in [0.25, 0.3) is 0 Å². The van der Waals surface area contributed by atoms with Crippen LogP contribution in [-0.2, 0) is 11.3 Å². The van der Waals surface area contributed by atoms with E-state index in [1.807, 2.05) is 18.2 Å². The molecule has 0 aliphatic rings. The van der Waals surface area contributed by atoms with Gasteiger partial charge in [0.1, 0.15) is 17.2 Å². The molecule has 0 spiro atoms. The third-order valence-corrected chi connectivity index (χ3v) is 5.57. The van der Waals surface area contributed by atoms with E-state index in [2.05, 4.69) is 10.3 Å². The van der Waals surface area contributed by atoms with Gasteiger partial charge in [0.05, 0.1) is 11.3 Å². The number of nitrogens with zero attached hydrogens (tertiary/aromatic N) is 1. The minimum absolute atomic E-state index is 0.0784. The lowest BCUT2D eigenvalue weighted by molar-refractivity contribution is 0.0698. The smallest absolute Gasteiger partial charge is 0.412 e. The number of hydrogen-bond acceptors (Lipinski definition) is 5. The molecule has 3 aromatic carbocycles. The van der Waals surface area contributed by atoms with E-state index in [0.717, 1.165) is 22.1 Å². The van der Waals surface area contributed by atoms with Gasteiger partial charge in [-0.3, -0.25) is 10.3 Å². The van der Waals surface area contributed by atoms with Crippen molar-refractivity contribution >= 4 is 28.7 Å². The molecule has 8 heteroatoms. The van der Waals surface area contributed by atoms with Crippen molar-refractivity contribution in [1.29, 1.82) is 0 Å². The topological polar surface area (TPSA) is 102 Å². The summed E-state index contributed by atoms with van der Waals surface area (Å²) in [6.45, 7) is -0.150. The van der Waals surface area contributed by atoms with Gasteiger partial charge >= 0.3 is 12.1 Å². The van der Waals surface area contributed by atoms with Crippen LogP contribution in [0, 0.1) is 5.82 Å². The number of amides is 1. The number of rotatable bonds is 6. The maximum Gasteiger partial charge on any atom is 0.412 e. The van der Waals surface area contributed by atoms with Crippen LogP contribution in [0.5, 0.6) is 0 Å². The summed E-state index contributed by atoms with van der Waals surface area (Å²) in [5.74, 6) is -1.08. The summed E-state index contributed by atoms with van der Waals surface area (Å²) < 4.78 is 24.2. The minimum Gasteiger partial charge on any atom is -0.478 e. The highest BCUT2D eigenvalue weighted by molar-refractivity contribution is 6.00. The number of carbonyl (C=O) groups is 2. The predicted octanol–water partition coefficient (Wildman–Crippen LogP) is 6.75. The quantitative estimate of drug-likeness (QED) is 0.278. The summed E-state index contributed by atoms with van der Waals surface area (Å²) >= 11 is 0. The fourth-order valence-electron chi connectivity index (χ4n) is 3.82. The molecule has 0 bridgehead atoms. The predicted molar refractivity (Wildman–Crippen MR) is 132 cm³/mol. The van der Waals surface area contributed by atoms with Crippen LogP contribution in [0.2, 0.25) is 0 Å². The molecule has 0 fully saturated rings. The molecule has 2 aromatic heterocycles. The number of pyridine rings is 1. The van der Waals surface area contributed by atoms with Crippen LogP contribution >= 0.6 is 0 Å². The molecule has 5 aromatic rings. The van der Waals surface area contributed by atoms with Crippen molar-refractivity contribution in [2.45, 2.75) is 6.61 Å². The van der Waals surface area contributed by atoms with Crippen LogP contribution in [0.25, 0.3) is 33.2 Å². The van der Waals surface area contributed by atoms with Gasteiger partial charge in [-0.15, -0.1) is 0 Å². The van der Waals surface area contributed by atoms with Crippen molar-refractivity contribution < 1.29 is 28.2 Å². The number of nitrogens with one attached hydrogen (secondary N) is 1. The van der Waals surface area contributed by atoms with Crippen LogP contribution < -0.4 is 5.32 Å². The van der Waals surface area contributed by atoms with Crippen molar-refractivity contribution in [3.05, 3.63) is 108 Å². The first kappa shape index (κ1) is 22.8. The molecule has 0 radical (unpaired) electrons. The van der Waals surface area contributed by atoms with Crippen molar-refractivity contribution in [2.75, 3.05) is 5.32 Å². The molecular formula is C28H19FN2O5.